The van der Waals surface area contributed by atoms with Crippen molar-refractivity contribution in [2.75, 3.05) is 31.1 Å². The Hall–Kier alpha value is -2.25. The van der Waals surface area contributed by atoms with Gasteiger partial charge in [0, 0.05) is 42.8 Å². The fraction of sp³-hybridized carbons (Fsp3) is 0.348. The summed E-state index contributed by atoms with van der Waals surface area (Å²) in [4.78, 5) is 27.1. The highest BCUT2D eigenvalue weighted by Crippen LogP contribution is 2.39. The normalized spacial score (nSPS) is 21.9. The number of carbonyl (C=O) groups excluding carboxylic acids is 1. The summed E-state index contributed by atoms with van der Waals surface area (Å²) in [5.74, 6) is 1.39. The Balaban J connectivity index is 1.29. The SMILES string of the molecule is O=C(C1CC=CCC1c1nc2ccccc2s1)N1CCN(c2ccc(Br)cn2)CC1. The van der Waals surface area contributed by atoms with Crippen LogP contribution >= 0.6 is 27.3 Å². The van der Waals surface area contributed by atoms with Gasteiger partial charge < -0.3 is 9.80 Å². The van der Waals surface area contributed by atoms with Crippen molar-refractivity contribution in [3.63, 3.8) is 0 Å². The van der Waals surface area contributed by atoms with Crippen molar-refractivity contribution in [3.05, 3.63) is 64.2 Å². The number of halogens is 1. The molecule has 1 saturated heterocycles. The van der Waals surface area contributed by atoms with E-state index in [0.717, 1.165) is 59.8 Å². The molecule has 0 spiro atoms. The second-order valence-electron chi connectivity index (χ2n) is 7.82. The van der Waals surface area contributed by atoms with E-state index in [9.17, 15) is 4.79 Å². The van der Waals surface area contributed by atoms with Gasteiger partial charge in [-0.2, -0.15) is 0 Å². The number of benzene rings is 1. The Labute approximate surface area is 188 Å². The average molecular weight is 483 g/mol. The number of anilines is 1. The van der Waals surface area contributed by atoms with Gasteiger partial charge in [0.05, 0.1) is 21.1 Å². The van der Waals surface area contributed by atoms with Crippen molar-refractivity contribution in [3.8, 4) is 0 Å². The number of carbonyl (C=O) groups is 1. The summed E-state index contributed by atoms with van der Waals surface area (Å²) in [6.45, 7) is 3.11. The number of para-hydroxylation sites is 1. The third kappa shape index (κ3) is 3.88. The van der Waals surface area contributed by atoms with Crippen LogP contribution in [0.2, 0.25) is 0 Å². The van der Waals surface area contributed by atoms with Crippen LogP contribution in [0.4, 0.5) is 5.82 Å². The van der Waals surface area contributed by atoms with Crippen LogP contribution in [0.15, 0.2) is 59.2 Å². The fourth-order valence-corrected chi connectivity index (χ4v) is 5.73. The molecule has 0 radical (unpaired) electrons. The van der Waals surface area contributed by atoms with E-state index in [1.165, 1.54) is 4.70 Å². The molecule has 7 heteroatoms. The maximum absolute atomic E-state index is 13.5. The molecule has 5 nitrogen and oxygen atoms in total. The summed E-state index contributed by atoms with van der Waals surface area (Å²) >= 11 is 5.17. The molecule has 2 aromatic heterocycles. The minimum atomic E-state index is -0.0204. The van der Waals surface area contributed by atoms with Crippen molar-refractivity contribution >= 4 is 49.2 Å². The zero-order valence-electron chi connectivity index (χ0n) is 16.6. The Bertz CT molecular complexity index is 1040. The van der Waals surface area contributed by atoms with Crippen LogP contribution in [0, 0.1) is 5.92 Å². The van der Waals surface area contributed by atoms with E-state index in [-0.39, 0.29) is 17.7 Å². The van der Waals surface area contributed by atoms with E-state index < -0.39 is 0 Å². The zero-order chi connectivity index (χ0) is 20.5. The van der Waals surface area contributed by atoms with Crippen LogP contribution in [-0.4, -0.2) is 47.0 Å². The van der Waals surface area contributed by atoms with Gasteiger partial charge in [0.25, 0.3) is 0 Å². The smallest absolute Gasteiger partial charge is 0.226 e. The van der Waals surface area contributed by atoms with E-state index in [1.54, 1.807) is 11.3 Å². The topological polar surface area (TPSA) is 49.3 Å². The van der Waals surface area contributed by atoms with E-state index >= 15 is 0 Å². The van der Waals surface area contributed by atoms with Crippen LogP contribution in [0.1, 0.15) is 23.8 Å². The summed E-state index contributed by atoms with van der Waals surface area (Å²) in [5, 5.41) is 1.09. The monoisotopic (exact) mass is 482 g/mol. The number of piperazine rings is 1. The maximum atomic E-state index is 13.5. The highest BCUT2D eigenvalue weighted by molar-refractivity contribution is 9.10. The summed E-state index contributed by atoms with van der Waals surface area (Å²) in [5.41, 5.74) is 1.04. The van der Waals surface area contributed by atoms with Gasteiger partial charge in [0.2, 0.25) is 5.91 Å². The van der Waals surface area contributed by atoms with E-state index in [4.69, 9.17) is 4.98 Å². The lowest BCUT2D eigenvalue weighted by Gasteiger charge is -2.38. The molecule has 1 aliphatic heterocycles. The lowest BCUT2D eigenvalue weighted by atomic mass is 9.82. The predicted molar refractivity (Wildman–Crippen MR) is 125 cm³/mol. The summed E-state index contributed by atoms with van der Waals surface area (Å²) in [6, 6.07) is 12.3. The van der Waals surface area contributed by atoms with Crippen molar-refractivity contribution in [2.45, 2.75) is 18.8 Å². The lowest BCUT2D eigenvalue weighted by Crippen LogP contribution is -2.51. The molecule has 0 saturated carbocycles. The Kier molecular flexibility index (Phi) is 5.56. The molecule has 0 bridgehead atoms. The van der Waals surface area contributed by atoms with Gasteiger partial charge in [-0.15, -0.1) is 11.3 Å². The van der Waals surface area contributed by atoms with Gasteiger partial charge in [-0.1, -0.05) is 24.3 Å². The number of nitrogens with zero attached hydrogens (tertiary/aromatic N) is 4. The van der Waals surface area contributed by atoms with E-state index in [1.807, 2.05) is 35.4 Å². The quantitative estimate of drug-likeness (QED) is 0.500. The molecule has 1 amide bonds. The van der Waals surface area contributed by atoms with Gasteiger partial charge in [-0.3, -0.25) is 4.79 Å². The van der Waals surface area contributed by atoms with E-state index in [0.29, 0.717) is 0 Å². The van der Waals surface area contributed by atoms with Gasteiger partial charge in [-0.25, -0.2) is 9.97 Å². The molecule has 1 fully saturated rings. The van der Waals surface area contributed by atoms with Gasteiger partial charge in [0.15, 0.2) is 0 Å². The average Bonchev–Trinajstić information content (AvgIpc) is 3.23. The molecular formula is C23H23BrN4OS. The fourth-order valence-electron chi connectivity index (χ4n) is 4.35. The molecule has 30 heavy (non-hydrogen) atoms. The molecule has 3 aromatic rings. The van der Waals surface area contributed by atoms with Crippen LogP contribution in [-0.2, 0) is 4.79 Å². The molecule has 0 N–H and O–H groups in total. The van der Waals surface area contributed by atoms with Gasteiger partial charge in [0.1, 0.15) is 5.82 Å². The zero-order valence-corrected chi connectivity index (χ0v) is 19.0. The minimum absolute atomic E-state index is 0.0204. The molecule has 5 rings (SSSR count). The molecule has 1 aromatic carbocycles. The highest BCUT2D eigenvalue weighted by Gasteiger charge is 2.36. The van der Waals surface area contributed by atoms with Crippen LogP contribution in [0.3, 0.4) is 0 Å². The summed E-state index contributed by atoms with van der Waals surface area (Å²) < 4.78 is 2.18. The first-order chi connectivity index (χ1) is 14.7. The second kappa shape index (κ2) is 8.47. The molecule has 2 atom stereocenters. The van der Waals surface area contributed by atoms with E-state index in [2.05, 4.69) is 50.1 Å². The third-order valence-corrected chi connectivity index (χ3v) is 7.64. The first-order valence-electron chi connectivity index (χ1n) is 10.3. The Morgan fingerprint density at radius 1 is 1.03 bits per heavy atom. The number of allylic oxidation sites excluding steroid dienone is 2. The molecule has 154 valence electrons. The molecular weight excluding hydrogens is 460 g/mol. The largest absolute Gasteiger partial charge is 0.353 e. The van der Waals surface area contributed by atoms with Crippen molar-refractivity contribution < 1.29 is 4.79 Å². The first-order valence-corrected chi connectivity index (χ1v) is 12.0. The predicted octanol–water partition coefficient (Wildman–Crippen LogP) is 4.85. The molecule has 2 unspecified atom stereocenters. The van der Waals surface area contributed by atoms with Crippen molar-refractivity contribution in [2.24, 2.45) is 5.92 Å². The van der Waals surface area contributed by atoms with Gasteiger partial charge >= 0.3 is 0 Å². The van der Waals surface area contributed by atoms with Gasteiger partial charge in [-0.05, 0) is 53.0 Å². The molecule has 2 aliphatic rings. The Morgan fingerprint density at radius 3 is 2.60 bits per heavy atom. The standard InChI is InChI=1S/C23H23BrN4OS/c24-16-9-10-21(25-15-16)27-11-13-28(14-12-27)23(29)18-6-2-1-5-17(18)22-26-19-7-3-4-8-20(19)30-22/h1-4,7-10,15,17-18H,5-6,11-14H2. The number of hydrogen-bond donors (Lipinski definition) is 0. The third-order valence-electron chi connectivity index (χ3n) is 6.00. The van der Waals surface area contributed by atoms with Crippen LogP contribution in [0.25, 0.3) is 10.2 Å². The van der Waals surface area contributed by atoms with Crippen molar-refractivity contribution in [1.82, 2.24) is 14.9 Å². The van der Waals surface area contributed by atoms with Crippen LogP contribution in [0.5, 0.6) is 0 Å². The lowest BCUT2D eigenvalue weighted by molar-refractivity contribution is -0.136. The minimum Gasteiger partial charge on any atom is -0.353 e. The number of fused-ring (bicyclic) bond motifs is 1. The summed E-state index contributed by atoms with van der Waals surface area (Å²) in [7, 11) is 0. The maximum Gasteiger partial charge on any atom is 0.226 e. The number of pyridine rings is 1. The number of rotatable bonds is 3. The number of aromatic nitrogens is 2. The number of hydrogen-bond acceptors (Lipinski definition) is 5. The molecule has 1 aliphatic carbocycles. The second-order valence-corrected chi connectivity index (χ2v) is 9.80. The number of amides is 1. The van der Waals surface area contributed by atoms with Crippen molar-refractivity contribution in [1.29, 1.82) is 0 Å². The molecule has 3 heterocycles. The Morgan fingerprint density at radius 2 is 1.83 bits per heavy atom. The highest BCUT2D eigenvalue weighted by atomic mass is 79.9. The summed E-state index contributed by atoms with van der Waals surface area (Å²) in [6.07, 6.45) is 7.88. The van der Waals surface area contributed by atoms with Crippen LogP contribution < -0.4 is 4.90 Å². The first kappa shape index (κ1) is 19.7. The number of thiazole rings is 1.